The van der Waals surface area contributed by atoms with E-state index in [2.05, 4.69) is 36.0 Å². The van der Waals surface area contributed by atoms with E-state index in [-0.39, 0.29) is 17.6 Å². The summed E-state index contributed by atoms with van der Waals surface area (Å²) in [5.41, 5.74) is 1.95. The summed E-state index contributed by atoms with van der Waals surface area (Å²) < 4.78 is 10.8. The summed E-state index contributed by atoms with van der Waals surface area (Å²) in [6.07, 6.45) is 3.25. The average Bonchev–Trinajstić information content (AvgIpc) is 2.86. The molecule has 1 aliphatic heterocycles. The third kappa shape index (κ3) is 7.44. The maximum Gasteiger partial charge on any atom is 0.335 e. The Hall–Kier alpha value is -3.10. The molecule has 0 saturated carbocycles. The standard InChI is InChI=1S/C27H37N3O5/c1-19(2)35-17-5-14-29(3)22-12-15-30(16-13-22)25-11-8-21(27(32)33)18-24(25)28-26(31)20-6-9-23(34-4)10-7-20/h6-11,18-19,22H,5,12-17H2,1-4H3,(H,28,31)(H,32,33). The molecule has 2 N–H and O–H groups in total. The number of methoxy groups -OCH3 is 1. The van der Waals surface area contributed by atoms with Crippen LogP contribution >= 0.6 is 0 Å². The van der Waals surface area contributed by atoms with E-state index in [0.717, 1.165) is 51.2 Å². The number of carboxylic acids is 1. The first-order chi connectivity index (χ1) is 16.8. The Bertz CT molecular complexity index is 985. The van der Waals surface area contributed by atoms with Gasteiger partial charge < -0.3 is 29.7 Å². The number of benzene rings is 2. The first kappa shape index (κ1) is 26.5. The molecule has 1 amide bonds. The number of piperidine rings is 1. The van der Waals surface area contributed by atoms with Crippen LogP contribution in [-0.4, -0.2) is 74.4 Å². The van der Waals surface area contributed by atoms with Gasteiger partial charge in [-0.1, -0.05) is 0 Å². The van der Waals surface area contributed by atoms with Crippen LogP contribution in [0.15, 0.2) is 42.5 Å². The maximum absolute atomic E-state index is 12.9. The van der Waals surface area contributed by atoms with Crippen molar-refractivity contribution in [3.05, 3.63) is 53.6 Å². The average molecular weight is 484 g/mol. The molecule has 2 aromatic carbocycles. The van der Waals surface area contributed by atoms with Gasteiger partial charge in [-0.15, -0.1) is 0 Å². The first-order valence-electron chi connectivity index (χ1n) is 12.2. The molecule has 0 radical (unpaired) electrons. The van der Waals surface area contributed by atoms with Crippen molar-refractivity contribution in [1.82, 2.24) is 4.90 Å². The Kier molecular flexibility index (Phi) is 9.51. The van der Waals surface area contributed by atoms with Crippen LogP contribution in [0.4, 0.5) is 11.4 Å². The van der Waals surface area contributed by atoms with Crippen molar-refractivity contribution in [3.63, 3.8) is 0 Å². The number of hydrogen-bond donors (Lipinski definition) is 2. The van der Waals surface area contributed by atoms with Crippen LogP contribution in [0.5, 0.6) is 5.75 Å². The number of carboxylic acid groups (broad SMARTS) is 1. The number of aromatic carboxylic acids is 1. The van der Waals surface area contributed by atoms with Gasteiger partial charge in [0.15, 0.2) is 0 Å². The second kappa shape index (κ2) is 12.6. The fourth-order valence-corrected chi connectivity index (χ4v) is 4.34. The molecule has 1 heterocycles. The summed E-state index contributed by atoms with van der Waals surface area (Å²) in [5, 5.41) is 12.4. The fourth-order valence-electron chi connectivity index (χ4n) is 4.34. The zero-order valence-corrected chi connectivity index (χ0v) is 21.1. The molecule has 0 spiro atoms. The van der Waals surface area contributed by atoms with Crippen LogP contribution in [0.2, 0.25) is 0 Å². The lowest BCUT2D eigenvalue weighted by Gasteiger charge is -2.38. The monoisotopic (exact) mass is 483 g/mol. The Morgan fingerprint density at radius 3 is 2.37 bits per heavy atom. The van der Waals surface area contributed by atoms with Crippen molar-refractivity contribution in [2.24, 2.45) is 0 Å². The Morgan fingerprint density at radius 2 is 1.77 bits per heavy atom. The molecule has 8 nitrogen and oxygen atoms in total. The minimum absolute atomic E-state index is 0.136. The molecule has 0 unspecified atom stereocenters. The van der Waals surface area contributed by atoms with Gasteiger partial charge in [0.2, 0.25) is 0 Å². The van der Waals surface area contributed by atoms with Gasteiger partial charge in [0.25, 0.3) is 5.91 Å². The second-order valence-corrected chi connectivity index (χ2v) is 9.19. The van der Waals surface area contributed by atoms with Gasteiger partial charge in [-0.2, -0.15) is 0 Å². The molecule has 2 aromatic rings. The van der Waals surface area contributed by atoms with Crippen LogP contribution in [0.1, 0.15) is 53.8 Å². The summed E-state index contributed by atoms with van der Waals surface area (Å²) in [4.78, 5) is 29.1. The Balaban J connectivity index is 1.67. The number of rotatable bonds is 11. The van der Waals surface area contributed by atoms with Crippen LogP contribution < -0.4 is 15.0 Å². The number of nitrogens with zero attached hydrogens (tertiary/aromatic N) is 2. The molecule has 0 aromatic heterocycles. The van der Waals surface area contributed by atoms with Crippen molar-refractivity contribution in [3.8, 4) is 5.75 Å². The molecule has 1 saturated heterocycles. The summed E-state index contributed by atoms with van der Waals surface area (Å²) in [7, 11) is 3.73. The van der Waals surface area contributed by atoms with Gasteiger partial charge in [-0.3, -0.25) is 4.79 Å². The molecule has 35 heavy (non-hydrogen) atoms. The van der Waals surface area contributed by atoms with Crippen LogP contribution in [0.25, 0.3) is 0 Å². The zero-order chi connectivity index (χ0) is 25.4. The number of hydrogen-bond acceptors (Lipinski definition) is 6. The molecule has 3 rings (SSSR count). The van der Waals surface area contributed by atoms with Gasteiger partial charge in [-0.25, -0.2) is 4.79 Å². The van der Waals surface area contributed by atoms with E-state index in [1.807, 2.05) is 0 Å². The number of anilines is 2. The van der Waals surface area contributed by atoms with Gasteiger partial charge in [-0.05, 0) is 82.6 Å². The number of carbonyl (C=O) groups is 2. The van der Waals surface area contributed by atoms with E-state index in [4.69, 9.17) is 9.47 Å². The van der Waals surface area contributed by atoms with Crippen molar-refractivity contribution < 1.29 is 24.2 Å². The second-order valence-electron chi connectivity index (χ2n) is 9.19. The van der Waals surface area contributed by atoms with Crippen molar-refractivity contribution in [1.29, 1.82) is 0 Å². The highest BCUT2D eigenvalue weighted by molar-refractivity contribution is 6.06. The minimum atomic E-state index is -1.03. The highest BCUT2D eigenvalue weighted by Crippen LogP contribution is 2.31. The summed E-state index contributed by atoms with van der Waals surface area (Å²) >= 11 is 0. The lowest BCUT2D eigenvalue weighted by molar-refractivity contribution is 0.0681. The first-order valence-corrected chi connectivity index (χ1v) is 12.2. The normalized spacial score (nSPS) is 14.4. The topological polar surface area (TPSA) is 91.3 Å². The SMILES string of the molecule is COc1ccc(C(=O)Nc2cc(C(=O)O)ccc2N2CCC(N(C)CCCOC(C)C)CC2)cc1. The molecular weight excluding hydrogens is 446 g/mol. The predicted molar refractivity (Wildman–Crippen MR) is 138 cm³/mol. The van der Waals surface area contributed by atoms with E-state index in [0.29, 0.717) is 23.0 Å². The highest BCUT2D eigenvalue weighted by atomic mass is 16.5. The zero-order valence-electron chi connectivity index (χ0n) is 21.1. The summed E-state index contributed by atoms with van der Waals surface area (Å²) in [6, 6.07) is 12.2. The van der Waals surface area contributed by atoms with E-state index in [1.165, 1.54) is 6.07 Å². The van der Waals surface area contributed by atoms with Crippen LogP contribution in [0, 0.1) is 0 Å². The Labute approximate surface area is 207 Å². The number of ether oxygens (including phenoxy) is 2. The molecule has 0 atom stereocenters. The number of nitrogens with one attached hydrogen (secondary N) is 1. The molecule has 1 aliphatic rings. The summed E-state index contributed by atoms with van der Waals surface area (Å²) in [5.74, 6) is -0.664. The molecule has 0 aliphatic carbocycles. The smallest absolute Gasteiger partial charge is 0.335 e. The van der Waals surface area contributed by atoms with E-state index in [9.17, 15) is 14.7 Å². The third-order valence-corrected chi connectivity index (χ3v) is 6.38. The molecular formula is C27H37N3O5. The van der Waals surface area contributed by atoms with E-state index < -0.39 is 5.97 Å². The summed E-state index contributed by atoms with van der Waals surface area (Å²) in [6.45, 7) is 7.53. The van der Waals surface area contributed by atoms with Gasteiger partial charge in [0.05, 0.1) is 30.2 Å². The van der Waals surface area contributed by atoms with Crippen molar-refractivity contribution >= 4 is 23.3 Å². The largest absolute Gasteiger partial charge is 0.497 e. The lowest BCUT2D eigenvalue weighted by atomic mass is 10.0. The lowest BCUT2D eigenvalue weighted by Crippen LogP contribution is -2.44. The molecule has 0 bridgehead atoms. The maximum atomic E-state index is 12.9. The number of amides is 1. The third-order valence-electron chi connectivity index (χ3n) is 6.38. The molecule has 190 valence electrons. The fraction of sp³-hybridized carbons (Fsp3) is 0.481. The van der Waals surface area contributed by atoms with Crippen molar-refractivity contribution in [2.75, 3.05) is 50.6 Å². The van der Waals surface area contributed by atoms with Crippen molar-refractivity contribution in [2.45, 2.75) is 45.3 Å². The van der Waals surface area contributed by atoms with Crippen LogP contribution in [0.3, 0.4) is 0 Å². The van der Waals surface area contributed by atoms with Gasteiger partial charge in [0, 0.05) is 37.8 Å². The van der Waals surface area contributed by atoms with Gasteiger partial charge in [0.1, 0.15) is 5.75 Å². The quantitative estimate of drug-likeness (QED) is 0.459. The van der Waals surface area contributed by atoms with E-state index >= 15 is 0 Å². The molecule has 1 fully saturated rings. The minimum Gasteiger partial charge on any atom is -0.497 e. The molecule has 8 heteroatoms. The highest BCUT2D eigenvalue weighted by Gasteiger charge is 2.25. The Morgan fingerprint density at radius 1 is 1.11 bits per heavy atom. The predicted octanol–water partition coefficient (Wildman–Crippen LogP) is 4.36. The van der Waals surface area contributed by atoms with Gasteiger partial charge >= 0.3 is 5.97 Å². The van der Waals surface area contributed by atoms with E-state index in [1.54, 1.807) is 43.5 Å². The van der Waals surface area contributed by atoms with Crippen LogP contribution in [-0.2, 0) is 4.74 Å². The number of carbonyl (C=O) groups excluding carboxylic acids is 1.